The predicted molar refractivity (Wildman–Crippen MR) is 101 cm³/mol. The summed E-state index contributed by atoms with van der Waals surface area (Å²) in [5.74, 6) is -0.677. The first-order chi connectivity index (χ1) is 13.1. The zero-order valence-electron chi connectivity index (χ0n) is 14.2. The molecule has 0 aliphatic heterocycles. The Labute approximate surface area is 168 Å². The van der Waals surface area contributed by atoms with Gasteiger partial charge < -0.3 is 10.1 Å². The topological polar surface area (TPSA) is 67.4 Å². The van der Waals surface area contributed by atoms with Gasteiger partial charge in [0.25, 0.3) is 5.91 Å². The Morgan fingerprint density at radius 1 is 1.14 bits per heavy atom. The molecule has 0 bridgehead atoms. The maximum Gasteiger partial charge on any atom is 0.426 e. The summed E-state index contributed by atoms with van der Waals surface area (Å²) in [6.07, 6.45) is -3.99. The largest absolute Gasteiger partial charge is 0.496 e. The maximum absolute atomic E-state index is 12.6. The number of ether oxygens (including phenoxy) is 1. The van der Waals surface area contributed by atoms with Crippen molar-refractivity contribution < 1.29 is 27.5 Å². The molecule has 0 fully saturated rings. The van der Waals surface area contributed by atoms with E-state index in [4.69, 9.17) is 27.9 Å². The van der Waals surface area contributed by atoms with E-state index in [1.165, 1.54) is 37.4 Å². The van der Waals surface area contributed by atoms with Crippen molar-refractivity contribution in [2.45, 2.75) is 6.18 Å². The molecule has 2 aromatic carbocycles. The lowest BCUT2D eigenvalue weighted by atomic mass is 10.1. The van der Waals surface area contributed by atoms with Gasteiger partial charge in [0.15, 0.2) is 0 Å². The van der Waals surface area contributed by atoms with E-state index < -0.39 is 23.1 Å². The number of methoxy groups -OCH3 is 1. The molecule has 3 amide bonds. The van der Waals surface area contributed by atoms with Crippen molar-refractivity contribution in [2.75, 3.05) is 12.4 Å². The second-order valence-electron chi connectivity index (χ2n) is 5.33. The van der Waals surface area contributed by atoms with Crippen LogP contribution in [0.4, 0.5) is 23.7 Å². The Kier molecular flexibility index (Phi) is 6.93. The Balaban J connectivity index is 2.13. The molecule has 0 aliphatic rings. The van der Waals surface area contributed by atoms with E-state index in [1.54, 1.807) is 12.1 Å². The number of amides is 3. The van der Waals surface area contributed by atoms with Crippen LogP contribution in [-0.4, -0.2) is 25.2 Å². The normalized spacial score (nSPS) is 11.7. The van der Waals surface area contributed by atoms with Gasteiger partial charge in [0.2, 0.25) is 0 Å². The number of carbonyl (C=O) groups excluding carboxylic acids is 2. The van der Waals surface area contributed by atoms with Crippen LogP contribution in [0.1, 0.15) is 15.9 Å². The molecular weight excluding hydrogens is 420 g/mol. The van der Waals surface area contributed by atoms with E-state index in [-0.39, 0.29) is 27.6 Å². The minimum Gasteiger partial charge on any atom is -0.496 e. The number of benzene rings is 2. The summed E-state index contributed by atoms with van der Waals surface area (Å²) in [4.78, 5) is 24.0. The van der Waals surface area contributed by atoms with Gasteiger partial charge in [-0.05, 0) is 30.3 Å². The van der Waals surface area contributed by atoms with Crippen molar-refractivity contribution in [2.24, 2.45) is 0 Å². The van der Waals surface area contributed by atoms with Gasteiger partial charge in [0.05, 0.1) is 17.7 Å². The molecule has 0 saturated heterocycles. The molecule has 0 aliphatic carbocycles. The van der Waals surface area contributed by atoms with Gasteiger partial charge in [-0.15, -0.1) is 0 Å². The highest BCUT2D eigenvalue weighted by Crippen LogP contribution is 2.33. The fourth-order valence-electron chi connectivity index (χ4n) is 2.10. The van der Waals surface area contributed by atoms with E-state index in [0.29, 0.717) is 6.08 Å². The number of imide groups is 1. The number of hydrogen-bond acceptors (Lipinski definition) is 3. The smallest absolute Gasteiger partial charge is 0.426 e. The molecule has 28 heavy (non-hydrogen) atoms. The molecule has 2 rings (SSSR count). The van der Waals surface area contributed by atoms with E-state index in [0.717, 1.165) is 0 Å². The summed E-state index contributed by atoms with van der Waals surface area (Å²) >= 11 is 11.1. The molecule has 0 unspecified atom stereocenters. The van der Waals surface area contributed by atoms with Crippen LogP contribution in [0.25, 0.3) is 6.08 Å². The molecule has 0 heterocycles. The van der Waals surface area contributed by atoms with Crippen LogP contribution in [0.5, 0.6) is 5.75 Å². The molecule has 0 spiro atoms. The summed E-state index contributed by atoms with van der Waals surface area (Å²) in [5, 5.41) is 3.32. The van der Waals surface area contributed by atoms with E-state index in [1.807, 2.05) is 0 Å². The third-order valence-electron chi connectivity index (χ3n) is 3.39. The SMILES string of the molecule is COc1cc(NC(=O)NC(=O)c2ccccc2Cl)ccc1/C=C(\Cl)C(F)(F)F. The van der Waals surface area contributed by atoms with Gasteiger partial charge in [0, 0.05) is 17.3 Å². The van der Waals surface area contributed by atoms with Gasteiger partial charge in [-0.25, -0.2) is 4.79 Å². The number of urea groups is 1. The van der Waals surface area contributed by atoms with Gasteiger partial charge in [-0.3, -0.25) is 10.1 Å². The Morgan fingerprint density at radius 2 is 1.82 bits per heavy atom. The number of alkyl halides is 3. The third kappa shape index (κ3) is 5.64. The molecule has 2 N–H and O–H groups in total. The first-order valence-corrected chi connectivity index (χ1v) is 8.36. The average molecular weight is 433 g/mol. The lowest BCUT2D eigenvalue weighted by molar-refractivity contribution is -0.0836. The van der Waals surface area contributed by atoms with Crippen LogP contribution in [-0.2, 0) is 0 Å². The quantitative estimate of drug-likeness (QED) is 0.674. The summed E-state index contributed by atoms with van der Waals surface area (Å²) in [5.41, 5.74) is 0.351. The fourth-order valence-corrected chi connectivity index (χ4v) is 2.44. The molecule has 0 saturated carbocycles. The van der Waals surface area contributed by atoms with Crippen LogP contribution in [0.15, 0.2) is 47.5 Å². The summed E-state index contributed by atoms with van der Waals surface area (Å²) in [6, 6.07) is 9.19. The molecule has 148 valence electrons. The highest BCUT2D eigenvalue weighted by Gasteiger charge is 2.32. The molecule has 10 heteroatoms. The Morgan fingerprint density at radius 3 is 2.43 bits per heavy atom. The summed E-state index contributed by atoms with van der Waals surface area (Å²) in [7, 11) is 1.25. The Hall–Kier alpha value is -2.71. The average Bonchev–Trinajstić information content (AvgIpc) is 2.62. The zero-order valence-corrected chi connectivity index (χ0v) is 15.7. The van der Waals surface area contributed by atoms with Crippen LogP contribution < -0.4 is 15.4 Å². The lowest BCUT2D eigenvalue weighted by Gasteiger charge is -2.11. The van der Waals surface area contributed by atoms with E-state index >= 15 is 0 Å². The Bertz CT molecular complexity index is 931. The highest BCUT2D eigenvalue weighted by molar-refractivity contribution is 6.34. The van der Waals surface area contributed by atoms with Crippen LogP contribution in [0.3, 0.4) is 0 Å². The van der Waals surface area contributed by atoms with Crippen LogP contribution >= 0.6 is 23.2 Å². The van der Waals surface area contributed by atoms with Crippen molar-refractivity contribution >= 4 is 46.9 Å². The minimum absolute atomic E-state index is 0.0395. The van der Waals surface area contributed by atoms with Gasteiger partial charge >= 0.3 is 12.2 Å². The minimum atomic E-state index is -4.69. The lowest BCUT2D eigenvalue weighted by Crippen LogP contribution is -2.34. The summed E-state index contributed by atoms with van der Waals surface area (Å²) < 4.78 is 42.7. The molecule has 5 nitrogen and oxygen atoms in total. The second kappa shape index (κ2) is 8.99. The standard InChI is InChI=1S/C18H13Cl2F3N2O3/c1-28-14-9-11(7-6-10(14)8-15(20)18(21,22)23)24-17(27)25-16(26)12-4-2-3-5-13(12)19/h2-9H,1H3,(H2,24,25,26,27)/b15-8-. The number of carbonyl (C=O) groups is 2. The van der Waals surface area contributed by atoms with E-state index in [9.17, 15) is 22.8 Å². The fraction of sp³-hybridized carbons (Fsp3) is 0.111. The number of nitrogens with one attached hydrogen (secondary N) is 2. The van der Waals surface area contributed by atoms with E-state index in [2.05, 4.69) is 10.6 Å². The first kappa shape index (κ1) is 21.6. The third-order valence-corrected chi connectivity index (χ3v) is 4.04. The number of rotatable bonds is 4. The van der Waals surface area contributed by atoms with Crippen molar-refractivity contribution in [1.82, 2.24) is 5.32 Å². The number of halogens is 5. The number of anilines is 1. The maximum atomic E-state index is 12.6. The van der Waals surface area contributed by atoms with Crippen molar-refractivity contribution in [1.29, 1.82) is 0 Å². The number of hydrogen-bond donors (Lipinski definition) is 2. The van der Waals surface area contributed by atoms with Crippen molar-refractivity contribution in [3.05, 3.63) is 63.6 Å². The molecular formula is C18H13Cl2F3N2O3. The van der Waals surface area contributed by atoms with Crippen molar-refractivity contribution in [3.63, 3.8) is 0 Å². The van der Waals surface area contributed by atoms with Crippen LogP contribution in [0, 0.1) is 0 Å². The van der Waals surface area contributed by atoms with Gasteiger partial charge in [-0.1, -0.05) is 35.3 Å². The highest BCUT2D eigenvalue weighted by atomic mass is 35.5. The monoisotopic (exact) mass is 432 g/mol. The molecule has 0 atom stereocenters. The molecule has 0 radical (unpaired) electrons. The number of allylic oxidation sites excluding steroid dienone is 1. The second-order valence-corrected chi connectivity index (χ2v) is 6.15. The predicted octanol–water partition coefficient (Wildman–Crippen LogP) is 5.45. The molecule has 2 aromatic rings. The van der Waals surface area contributed by atoms with Crippen molar-refractivity contribution in [3.8, 4) is 5.75 Å². The summed E-state index contributed by atoms with van der Waals surface area (Å²) in [6.45, 7) is 0. The van der Waals surface area contributed by atoms with Gasteiger partial charge in [-0.2, -0.15) is 13.2 Å². The van der Waals surface area contributed by atoms with Crippen LogP contribution in [0.2, 0.25) is 5.02 Å². The zero-order chi connectivity index (χ0) is 20.9. The van der Waals surface area contributed by atoms with Gasteiger partial charge in [0.1, 0.15) is 10.8 Å². The first-order valence-electron chi connectivity index (χ1n) is 7.61. The molecule has 0 aromatic heterocycles.